The first-order valence-corrected chi connectivity index (χ1v) is 6.09. The maximum atomic E-state index is 12.0. The van der Waals surface area contributed by atoms with Crippen LogP contribution in [0.1, 0.15) is 44.9 Å². The number of hydrogen-bond donors (Lipinski definition) is 1. The van der Waals surface area contributed by atoms with Gasteiger partial charge in [0.15, 0.2) is 0 Å². The first-order valence-electron chi connectivity index (χ1n) is 6.09. The smallest absolute Gasteiger partial charge is 0.137 e. The minimum atomic E-state index is -0.171. The van der Waals surface area contributed by atoms with E-state index >= 15 is 0 Å². The SMILES string of the molecule is NC1(CC(=O)C2CCOCC2)CCCC1. The molecule has 2 N–H and O–H groups in total. The highest BCUT2D eigenvalue weighted by atomic mass is 16.5. The Morgan fingerprint density at radius 2 is 1.87 bits per heavy atom. The molecule has 86 valence electrons. The van der Waals surface area contributed by atoms with Crippen LogP contribution in [0.5, 0.6) is 0 Å². The lowest BCUT2D eigenvalue weighted by molar-refractivity contribution is -0.126. The second-order valence-corrected chi connectivity index (χ2v) is 5.10. The van der Waals surface area contributed by atoms with Crippen molar-refractivity contribution in [3.63, 3.8) is 0 Å². The molecule has 1 saturated carbocycles. The number of rotatable bonds is 3. The molecule has 1 aliphatic carbocycles. The quantitative estimate of drug-likeness (QED) is 0.772. The van der Waals surface area contributed by atoms with E-state index in [4.69, 9.17) is 10.5 Å². The molecule has 1 heterocycles. The molecular weight excluding hydrogens is 190 g/mol. The lowest BCUT2D eigenvalue weighted by Crippen LogP contribution is -2.40. The summed E-state index contributed by atoms with van der Waals surface area (Å²) < 4.78 is 5.26. The molecule has 3 nitrogen and oxygen atoms in total. The van der Waals surface area contributed by atoms with Crippen LogP contribution < -0.4 is 5.73 Å². The molecular formula is C12H21NO2. The van der Waals surface area contributed by atoms with E-state index in [1.165, 1.54) is 12.8 Å². The van der Waals surface area contributed by atoms with Crippen molar-refractivity contribution >= 4 is 5.78 Å². The fourth-order valence-electron chi connectivity index (χ4n) is 2.77. The van der Waals surface area contributed by atoms with Crippen LogP contribution in [0.25, 0.3) is 0 Å². The highest BCUT2D eigenvalue weighted by Crippen LogP contribution is 2.32. The van der Waals surface area contributed by atoms with E-state index in [1.807, 2.05) is 0 Å². The lowest BCUT2D eigenvalue weighted by atomic mass is 9.85. The Balaban J connectivity index is 1.85. The summed E-state index contributed by atoms with van der Waals surface area (Å²) in [5.74, 6) is 0.600. The van der Waals surface area contributed by atoms with Gasteiger partial charge in [0.2, 0.25) is 0 Å². The minimum absolute atomic E-state index is 0.171. The van der Waals surface area contributed by atoms with E-state index in [0.29, 0.717) is 12.2 Å². The summed E-state index contributed by atoms with van der Waals surface area (Å²) in [6.45, 7) is 1.49. The van der Waals surface area contributed by atoms with Gasteiger partial charge in [-0.05, 0) is 25.7 Å². The Hall–Kier alpha value is -0.410. The lowest BCUT2D eigenvalue weighted by Gasteiger charge is -2.27. The van der Waals surface area contributed by atoms with Crippen molar-refractivity contribution in [3.05, 3.63) is 0 Å². The second-order valence-electron chi connectivity index (χ2n) is 5.10. The molecule has 15 heavy (non-hydrogen) atoms. The van der Waals surface area contributed by atoms with Crippen LogP contribution >= 0.6 is 0 Å². The van der Waals surface area contributed by atoms with E-state index in [1.54, 1.807) is 0 Å². The number of hydrogen-bond acceptors (Lipinski definition) is 3. The van der Waals surface area contributed by atoms with E-state index in [9.17, 15) is 4.79 Å². The van der Waals surface area contributed by atoms with Crippen LogP contribution in [-0.4, -0.2) is 24.5 Å². The Morgan fingerprint density at radius 1 is 1.27 bits per heavy atom. The Bertz CT molecular complexity index is 228. The zero-order valence-corrected chi connectivity index (χ0v) is 9.34. The van der Waals surface area contributed by atoms with Gasteiger partial charge in [-0.1, -0.05) is 12.8 Å². The largest absolute Gasteiger partial charge is 0.381 e. The molecule has 1 aliphatic heterocycles. The highest BCUT2D eigenvalue weighted by molar-refractivity contribution is 5.82. The molecule has 0 bridgehead atoms. The van der Waals surface area contributed by atoms with Gasteiger partial charge in [0.25, 0.3) is 0 Å². The number of carbonyl (C=O) groups is 1. The number of nitrogens with two attached hydrogens (primary N) is 1. The van der Waals surface area contributed by atoms with Crippen LogP contribution in [-0.2, 0) is 9.53 Å². The van der Waals surface area contributed by atoms with E-state index in [-0.39, 0.29) is 11.5 Å². The standard InChI is InChI=1S/C12H21NO2/c13-12(5-1-2-6-12)9-11(14)10-3-7-15-8-4-10/h10H,1-9,13H2. The molecule has 0 radical (unpaired) electrons. The summed E-state index contributed by atoms with van der Waals surface area (Å²) in [7, 11) is 0. The van der Waals surface area contributed by atoms with Crippen molar-refractivity contribution in [2.75, 3.05) is 13.2 Å². The zero-order valence-electron chi connectivity index (χ0n) is 9.34. The van der Waals surface area contributed by atoms with Crippen LogP contribution in [0.15, 0.2) is 0 Å². The summed E-state index contributed by atoms with van der Waals surface area (Å²) in [4.78, 5) is 12.0. The zero-order chi connectivity index (χ0) is 10.7. The Labute approximate surface area is 91.4 Å². The maximum absolute atomic E-state index is 12.0. The van der Waals surface area contributed by atoms with Crippen molar-refractivity contribution in [2.45, 2.75) is 50.5 Å². The summed E-state index contributed by atoms with van der Waals surface area (Å²) in [6, 6.07) is 0. The molecule has 2 aliphatic rings. The third-order valence-electron chi connectivity index (χ3n) is 3.80. The maximum Gasteiger partial charge on any atom is 0.137 e. The third kappa shape index (κ3) is 2.79. The fraction of sp³-hybridized carbons (Fsp3) is 0.917. The molecule has 0 unspecified atom stereocenters. The number of Topliss-reactive ketones (excluding diaryl/α,β-unsaturated/α-hetero) is 1. The molecule has 1 saturated heterocycles. The monoisotopic (exact) mass is 211 g/mol. The van der Waals surface area contributed by atoms with Crippen molar-refractivity contribution < 1.29 is 9.53 Å². The van der Waals surface area contributed by atoms with Gasteiger partial charge in [-0.15, -0.1) is 0 Å². The first kappa shape index (κ1) is 11.1. The van der Waals surface area contributed by atoms with Crippen molar-refractivity contribution in [1.29, 1.82) is 0 Å². The number of carbonyl (C=O) groups excluding carboxylic acids is 1. The molecule has 0 amide bonds. The van der Waals surface area contributed by atoms with Gasteiger partial charge in [0.05, 0.1) is 0 Å². The molecule has 0 atom stereocenters. The average Bonchev–Trinajstić information content (AvgIpc) is 2.66. The molecule has 3 heteroatoms. The van der Waals surface area contributed by atoms with Gasteiger partial charge in [-0.2, -0.15) is 0 Å². The summed E-state index contributed by atoms with van der Waals surface area (Å²) in [5, 5.41) is 0. The predicted octanol–water partition coefficient (Wildman–Crippen LogP) is 1.64. The Morgan fingerprint density at radius 3 is 2.47 bits per heavy atom. The topological polar surface area (TPSA) is 52.3 Å². The van der Waals surface area contributed by atoms with Crippen LogP contribution in [0, 0.1) is 5.92 Å². The van der Waals surface area contributed by atoms with Gasteiger partial charge in [0, 0.05) is 31.1 Å². The molecule has 0 aromatic heterocycles. The molecule has 0 spiro atoms. The van der Waals surface area contributed by atoms with Gasteiger partial charge >= 0.3 is 0 Å². The summed E-state index contributed by atoms with van der Waals surface area (Å²) in [6.07, 6.45) is 6.83. The highest BCUT2D eigenvalue weighted by Gasteiger charge is 2.34. The molecule has 0 aromatic rings. The Kier molecular flexibility index (Phi) is 3.42. The first-order chi connectivity index (χ1) is 7.20. The van der Waals surface area contributed by atoms with Gasteiger partial charge in [-0.25, -0.2) is 0 Å². The van der Waals surface area contributed by atoms with E-state index < -0.39 is 0 Å². The minimum Gasteiger partial charge on any atom is -0.381 e. The van der Waals surface area contributed by atoms with Crippen LogP contribution in [0.3, 0.4) is 0 Å². The van der Waals surface area contributed by atoms with Crippen molar-refractivity contribution in [3.8, 4) is 0 Å². The number of ether oxygens (including phenoxy) is 1. The predicted molar refractivity (Wildman–Crippen MR) is 58.6 cm³/mol. The summed E-state index contributed by atoms with van der Waals surface area (Å²) >= 11 is 0. The van der Waals surface area contributed by atoms with Gasteiger partial charge < -0.3 is 10.5 Å². The molecule has 2 fully saturated rings. The van der Waals surface area contributed by atoms with Crippen LogP contribution in [0.4, 0.5) is 0 Å². The van der Waals surface area contributed by atoms with Crippen molar-refractivity contribution in [1.82, 2.24) is 0 Å². The number of ketones is 1. The normalized spacial score (nSPS) is 26.7. The second kappa shape index (κ2) is 4.62. The fourth-order valence-corrected chi connectivity index (χ4v) is 2.77. The van der Waals surface area contributed by atoms with Gasteiger partial charge in [0.1, 0.15) is 5.78 Å². The third-order valence-corrected chi connectivity index (χ3v) is 3.80. The summed E-state index contributed by atoms with van der Waals surface area (Å²) in [5.41, 5.74) is 6.04. The average molecular weight is 211 g/mol. The molecule has 2 rings (SSSR count). The van der Waals surface area contributed by atoms with Crippen LogP contribution in [0.2, 0.25) is 0 Å². The van der Waals surface area contributed by atoms with E-state index in [0.717, 1.165) is 38.9 Å². The van der Waals surface area contributed by atoms with E-state index in [2.05, 4.69) is 0 Å². The van der Waals surface area contributed by atoms with Gasteiger partial charge in [-0.3, -0.25) is 4.79 Å². The molecule has 0 aromatic carbocycles. The van der Waals surface area contributed by atoms with Crippen molar-refractivity contribution in [2.24, 2.45) is 11.7 Å².